The molecule has 0 aromatic heterocycles. The number of aliphatic hydroxyl groups is 2. The molecule has 15 heteroatoms. The Morgan fingerprint density at radius 3 is 1.08 bits per heavy atom. The summed E-state index contributed by atoms with van der Waals surface area (Å²) in [6, 6.07) is 26.9. The Balaban J connectivity index is 0.000000340. The Morgan fingerprint density at radius 1 is 0.545 bits per heavy atom. The Bertz CT molecular complexity index is 2110. The number of aliphatic hydroxyl groups excluding tert-OH is 2. The number of nitrogens with one attached hydrogen (secondary N) is 2. The first-order chi connectivity index (χ1) is 30.9. The second kappa shape index (κ2) is 28.6. The van der Waals surface area contributed by atoms with Crippen molar-refractivity contribution in [3.05, 3.63) is 149 Å². The second-order valence-electron chi connectivity index (χ2n) is 15.7. The average Bonchev–Trinajstić information content (AvgIpc) is 3.32. The summed E-state index contributed by atoms with van der Waals surface area (Å²) in [5, 5.41) is 23.2. The van der Waals surface area contributed by atoms with Crippen LogP contribution in [-0.2, 0) is 52.6 Å². The Hall–Kier alpha value is -5.38. The predicted molar refractivity (Wildman–Crippen MR) is 250 cm³/mol. The number of ether oxygens (including phenoxy) is 2. The van der Waals surface area contributed by atoms with Crippen molar-refractivity contribution in [3.63, 3.8) is 0 Å². The molecule has 6 rings (SSSR count). The van der Waals surface area contributed by atoms with Crippen LogP contribution < -0.4 is 22.1 Å². The van der Waals surface area contributed by atoms with Crippen molar-refractivity contribution >= 4 is 23.4 Å². The number of carbonyl (C=O) groups is 4. The third kappa shape index (κ3) is 17.8. The summed E-state index contributed by atoms with van der Waals surface area (Å²) in [5.41, 5.74) is 18.1. The fourth-order valence-corrected chi connectivity index (χ4v) is 6.78. The first-order valence-corrected chi connectivity index (χ1v) is 21.3. The van der Waals surface area contributed by atoms with Gasteiger partial charge in [0.15, 0.2) is 11.6 Å². The second-order valence-corrected chi connectivity index (χ2v) is 15.7. The van der Waals surface area contributed by atoms with Crippen LogP contribution in [0.3, 0.4) is 0 Å². The minimum absolute atomic E-state index is 0. The monoisotopic (exact) mass is 991 g/mol. The van der Waals surface area contributed by atoms with E-state index in [1.54, 1.807) is 62.4 Å². The smallest absolute Gasteiger partial charge is 0.251 e. The van der Waals surface area contributed by atoms with E-state index in [9.17, 15) is 19.2 Å². The van der Waals surface area contributed by atoms with E-state index >= 15 is 0 Å². The van der Waals surface area contributed by atoms with Gasteiger partial charge in [-0.3, -0.25) is 29.0 Å². The number of ketones is 2. The molecule has 0 bridgehead atoms. The molecule has 2 saturated heterocycles. The van der Waals surface area contributed by atoms with E-state index in [1.165, 1.54) is 11.1 Å². The summed E-state index contributed by atoms with van der Waals surface area (Å²) < 4.78 is 10.8. The number of benzene rings is 4. The summed E-state index contributed by atoms with van der Waals surface area (Å²) >= 11 is 0. The molecule has 66 heavy (non-hydrogen) atoms. The molecule has 2 aliphatic heterocycles. The molecule has 2 fully saturated rings. The van der Waals surface area contributed by atoms with Gasteiger partial charge in [0.05, 0.1) is 26.4 Å². The van der Waals surface area contributed by atoms with Gasteiger partial charge in [-0.05, 0) is 97.8 Å². The maximum atomic E-state index is 12.4. The van der Waals surface area contributed by atoms with Crippen LogP contribution in [0.5, 0.6) is 0 Å². The first-order valence-electron chi connectivity index (χ1n) is 21.3. The molecule has 8 N–H and O–H groups in total. The van der Waals surface area contributed by atoms with Gasteiger partial charge >= 0.3 is 0 Å². The van der Waals surface area contributed by atoms with Crippen LogP contribution in [0.4, 0.5) is 0 Å². The van der Waals surface area contributed by atoms with Crippen molar-refractivity contribution in [1.82, 2.24) is 20.4 Å². The van der Waals surface area contributed by atoms with Gasteiger partial charge in [-0.15, -0.1) is 0 Å². The molecule has 2 amide bonds. The van der Waals surface area contributed by atoms with E-state index in [0.29, 0.717) is 11.1 Å². The molecule has 4 atom stereocenters. The van der Waals surface area contributed by atoms with E-state index in [-0.39, 0.29) is 27.8 Å². The van der Waals surface area contributed by atoms with Crippen molar-refractivity contribution in [1.29, 1.82) is 0 Å². The summed E-state index contributed by atoms with van der Waals surface area (Å²) in [7, 11) is 0. The molecule has 4 aromatic rings. The SMILES string of the molecule is C[C@@H](N)[C@H](NC(=O)c1ccc(C#Cc2ccc(CN3CCOCC3)cc2)cc1)C(=O)CO.C[C@@H](N)[C@H](NC(=O)c1ccc(C#Cc2ccc(CN3CCOCC3)cc2)cc1)C(=O)CO.[CH3-].[Pd]. The van der Waals surface area contributed by atoms with E-state index in [1.807, 2.05) is 24.3 Å². The van der Waals surface area contributed by atoms with Crippen LogP contribution in [0.25, 0.3) is 0 Å². The quantitative estimate of drug-likeness (QED) is 0.0612. The number of nitrogens with zero attached hydrogens (tertiary/aromatic N) is 2. The number of amides is 2. The number of Topliss-reactive ketones (excluding diaryl/α,β-unsaturated/α-hetero) is 2. The number of hydrogen-bond acceptors (Lipinski definition) is 12. The zero-order valence-corrected chi connectivity index (χ0v) is 39.3. The van der Waals surface area contributed by atoms with Gasteiger partial charge in [0.25, 0.3) is 11.8 Å². The zero-order valence-electron chi connectivity index (χ0n) is 37.7. The minimum Gasteiger partial charge on any atom is -0.388 e. The van der Waals surface area contributed by atoms with Crippen LogP contribution in [0.1, 0.15) is 67.9 Å². The summed E-state index contributed by atoms with van der Waals surface area (Å²) in [5.74, 6) is 10.6. The molecular formula is C51H61N6O8Pd-. The third-order valence-electron chi connectivity index (χ3n) is 10.6. The number of nitrogens with two attached hydrogens (primary N) is 2. The molecule has 0 unspecified atom stereocenters. The number of morpholine rings is 2. The zero-order chi connectivity index (χ0) is 45.8. The Labute approximate surface area is 402 Å². The van der Waals surface area contributed by atoms with Gasteiger partial charge in [-0.2, -0.15) is 0 Å². The molecule has 2 heterocycles. The van der Waals surface area contributed by atoms with Gasteiger partial charge in [-0.25, -0.2) is 0 Å². The van der Waals surface area contributed by atoms with Gasteiger partial charge in [-0.1, -0.05) is 47.9 Å². The first kappa shape index (κ1) is 55.0. The third-order valence-corrected chi connectivity index (χ3v) is 10.6. The Kier molecular flexibility index (Phi) is 23.8. The van der Waals surface area contributed by atoms with Crippen LogP contribution in [-0.4, -0.2) is 133 Å². The van der Waals surface area contributed by atoms with Gasteiger partial charge in [0.2, 0.25) is 0 Å². The maximum absolute atomic E-state index is 12.4. The maximum Gasteiger partial charge on any atom is 0.251 e. The van der Waals surface area contributed by atoms with E-state index in [2.05, 4.69) is 68.4 Å². The van der Waals surface area contributed by atoms with Crippen LogP contribution >= 0.6 is 0 Å². The van der Waals surface area contributed by atoms with Crippen molar-refractivity contribution < 1.29 is 59.3 Å². The minimum atomic E-state index is -0.932. The van der Waals surface area contributed by atoms with E-state index in [0.717, 1.165) is 87.9 Å². The fraction of sp³-hybridized carbons (Fsp3) is 0.353. The van der Waals surface area contributed by atoms with Crippen LogP contribution in [0.15, 0.2) is 97.1 Å². The van der Waals surface area contributed by atoms with Crippen molar-refractivity contribution in [3.8, 4) is 23.7 Å². The largest absolute Gasteiger partial charge is 0.388 e. The standard InChI is InChI=1S/2C25H29N3O4.CH3.Pd/c2*1-18(26)24(23(30)17-29)27-25(31)22-10-8-20(9-11-22)3-2-19-4-6-21(7-5-19)16-28-12-14-32-15-13-28;;/h2*4-11,18,24,29H,12-17,26H2,1H3,(H,27,31);1H3;/q;;-1;/t2*18-,24+;;/m11../s1. The van der Waals surface area contributed by atoms with Gasteiger partial charge in [0.1, 0.15) is 25.3 Å². The molecule has 354 valence electrons. The summed E-state index contributed by atoms with van der Waals surface area (Å²) in [6.45, 7) is 10.7. The van der Waals surface area contributed by atoms with E-state index < -0.39 is 60.8 Å². The number of carbonyl (C=O) groups excluding carboxylic acids is 4. The molecular weight excluding hydrogens is 931 g/mol. The van der Waals surface area contributed by atoms with Crippen molar-refractivity contribution in [2.75, 3.05) is 65.8 Å². The summed E-state index contributed by atoms with van der Waals surface area (Å²) in [4.78, 5) is 53.0. The molecule has 0 saturated carbocycles. The molecule has 2 aliphatic rings. The Morgan fingerprint density at radius 2 is 0.818 bits per heavy atom. The molecule has 14 nitrogen and oxygen atoms in total. The normalized spacial score (nSPS) is 15.4. The molecule has 0 spiro atoms. The van der Waals surface area contributed by atoms with E-state index in [4.69, 9.17) is 31.2 Å². The van der Waals surface area contributed by atoms with Crippen LogP contribution in [0.2, 0.25) is 0 Å². The van der Waals surface area contributed by atoms with Gasteiger partial charge < -0.3 is 49.2 Å². The number of hydrogen-bond donors (Lipinski definition) is 6. The average molecular weight is 993 g/mol. The fourth-order valence-electron chi connectivity index (χ4n) is 6.78. The molecule has 4 aromatic carbocycles. The predicted octanol–water partition coefficient (Wildman–Crippen LogP) is 2.30. The van der Waals surface area contributed by atoms with Crippen LogP contribution in [0, 0.1) is 31.1 Å². The molecule has 0 aliphatic carbocycles. The summed E-state index contributed by atoms with van der Waals surface area (Å²) in [6.07, 6.45) is 0. The van der Waals surface area contributed by atoms with Crippen molar-refractivity contribution in [2.45, 2.75) is 51.1 Å². The van der Waals surface area contributed by atoms with Gasteiger partial charge in [0, 0.05) is 105 Å². The van der Waals surface area contributed by atoms with Crippen molar-refractivity contribution in [2.24, 2.45) is 11.5 Å². The topological polar surface area (TPSA) is 210 Å². The number of rotatable bonds is 14. The molecule has 0 radical (unpaired) electrons.